The zero-order valence-corrected chi connectivity index (χ0v) is 21.4. The molecule has 2 atom stereocenters. The van der Waals surface area contributed by atoms with Crippen LogP contribution in [0.1, 0.15) is 68.5 Å². The van der Waals surface area contributed by atoms with E-state index in [0.29, 0.717) is 24.8 Å². The number of pyridine rings is 1. The second kappa shape index (κ2) is 11.0. The lowest BCUT2D eigenvalue weighted by Crippen LogP contribution is -2.38. The van der Waals surface area contributed by atoms with Crippen molar-refractivity contribution in [2.75, 3.05) is 17.3 Å². The van der Waals surface area contributed by atoms with E-state index in [1.807, 2.05) is 65.6 Å². The van der Waals surface area contributed by atoms with Gasteiger partial charge < -0.3 is 10.1 Å². The Kier molecular flexibility index (Phi) is 7.35. The van der Waals surface area contributed by atoms with Gasteiger partial charge in [0.25, 0.3) is 0 Å². The van der Waals surface area contributed by atoms with Crippen LogP contribution in [0.3, 0.4) is 0 Å². The molecule has 37 heavy (non-hydrogen) atoms. The minimum Gasteiger partial charge on any atom is -0.497 e. The highest BCUT2D eigenvalue weighted by atomic mass is 16.5. The first-order valence-corrected chi connectivity index (χ1v) is 13.1. The molecule has 1 amide bonds. The molecule has 2 heterocycles. The average Bonchev–Trinajstić information content (AvgIpc) is 3.08. The number of Topliss-reactive ketones (excluding diaryl/α,β-unsaturated/α-hetero) is 1. The molecule has 0 radical (unpaired) electrons. The quantitative estimate of drug-likeness (QED) is 0.375. The number of rotatable bonds is 7. The van der Waals surface area contributed by atoms with Gasteiger partial charge in [-0.25, -0.2) is 0 Å². The summed E-state index contributed by atoms with van der Waals surface area (Å²) in [4.78, 5) is 34.0. The first kappa shape index (κ1) is 24.8. The molecule has 2 aromatic carbocycles. The zero-order chi connectivity index (χ0) is 25.8. The van der Waals surface area contributed by atoms with E-state index in [1.54, 1.807) is 19.5 Å². The summed E-state index contributed by atoms with van der Waals surface area (Å²) in [6, 6.07) is 19.1. The maximum absolute atomic E-state index is 14.0. The van der Waals surface area contributed by atoms with E-state index < -0.39 is 6.04 Å². The number of carbonyl (C=O) groups is 2. The van der Waals surface area contributed by atoms with Crippen LogP contribution in [0.15, 0.2) is 84.3 Å². The first-order valence-electron chi connectivity index (χ1n) is 13.1. The fourth-order valence-corrected chi connectivity index (χ4v) is 5.48. The van der Waals surface area contributed by atoms with Crippen molar-refractivity contribution in [1.82, 2.24) is 4.98 Å². The number of hydrogen-bond donors (Lipinski definition) is 1. The van der Waals surface area contributed by atoms with Crippen molar-refractivity contribution >= 4 is 23.1 Å². The van der Waals surface area contributed by atoms with Crippen LogP contribution in [0, 0.1) is 0 Å². The number of carbonyl (C=O) groups excluding carboxylic acids is 2. The Morgan fingerprint density at radius 3 is 2.57 bits per heavy atom. The van der Waals surface area contributed by atoms with Gasteiger partial charge in [-0.1, -0.05) is 50.1 Å². The molecule has 0 fully saturated rings. The maximum atomic E-state index is 14.0. The Morgan fingerprint density at radius 1 is 1.03 bits per heavy atom. The molecular formula is C31H33N3O3. The highest BCUT2D eigenvalue weighted by Crippen LogP contribution is 2.47. The largest absolute Gasteiger partial charge is 0.497 e. The maximum Gasteiger partial charge on any atom is 0.227 e. The Morgan fingerprint density at radius 2 is 1.84 bits per heavy atom. The highest BCUT2D eigenvalue weighted by molar-refractivity contribution is 6.06. The topological polar surface area (TPSA) is 71.5 Å². The molecule has 2 aliphatic rings. The molecule has 6 heteroatoms. The van der Waals surface area contributed by atoms with E-state index in [4.69, 9.17) is 4.74 Å². The Labute approximate surface area is 218 Å². The summed E-state index contributed by atoms with van der Waals surface area (Å²) >= 11 is 0. The van der Waals surface area contributed by atoms with E-state index in [9.17, 15) is 9.59 Å². The summed E-state index contributed by atoms with van der Waals surface area (Å²) in [6.45, 7) is 2.13. The third kappa shape index (κ3) is 5.01. The number of amides is 1. The molecule has 1 N–H and O–H groups in total. The number of allylic oxidation sites excluding steroid dienone is 1. The normalized spacial score (nSPS) is 19.0. The SMILES string of the molecule is CCCCCC(=O)N1c2ccccc2NC2=C(C(=O)C[C@@H](c3ccc(OC)cc3)C2)[C@@H]1c1cccnc1. The number of ketones is 1. The fourth-order valence-electron chi connectivity index (χ4n) is 5.48. The molecule has 0 saturated carbocycles. The van der Waals surface area contributed by atoms with Gasteiger partial charge in [-0.3, -0.25) is 19.5 Å². The molecule has 0 spiro atoms. The number of hydrogen-bond acceptors (Lipinski definition) is 5. The van der Waals surface area contributed by atoms with Crippen LogP contribution in [-0.2, 0) is 9.59 Å². The molecule has 3 aromatic rings. The molecular weight excluding hydrogens is 462 g/mol. The molecule has 1 aliphatic carbocycles. The second-order valence-electron chi connectivity index (χ2n) is 9.75. The van der Waals surface area contributed by atoms with Crippen LogP contribution in [0.5, 0.6) is 5.75 Å². The van der Waals surface area contributed by atoms with Crippen molar-refractivity contribution < 1.29 is 14.3 Å². The van der Waals surface area contributed by atoms with Crippen molar-refractivity contribution in [2.24, 2.45) is 0 Å². The Hall–Kier alpha value is -3.93. The van der Waals surface area contributed by atoms with Gasteiger partial charge in [0.1, 0.15) is 5.75 Å². The van der Waals surface area contributed by atoms with Gasteiger partial charge in [0.05, 0.1) is 24.5 Å². The van der Waals surface area contributed by atoms with E-state index in [-0.39, 0.29) is 17.6 Å². The lowest BCUT2D eigenvalue weighted by Gasteiger charge is -2.35. The minimum atomic E-state index is -0.529. The van der Waals surface area contributed by atoms with Gasteiger partial charge in [0.2, 0.25) is 5.91 Å². The first-order chi connectivity index (χ1) is 18.1. The third-order valence-electron chi connectivity index (χ3n) is 7.34. The third-order valence-corrected chi connectivity index (χ3v) is 7.34. The van der Waals surface area contributed by atoms with Crippen LogP contribution < -0.4 is 15.0 Å². The van der Waals surface area contributed by atoms with Crippen LogP contribution >= 0.6 is 0 Å². The molecule has 0 unspecified atom stereocenters. The van der Waals surface area contributed by atoms with E-state index in [0.717, 1.165) is 53.2 Å². The monoisotopic (exact) mass is 495 g/mol. The number of methoxy groups -OCH3 is 1. The summed E-state index contributed by atoms with van der Waals surface area (Å²) in [7, 11) is 1.65. The second-order valence-corrected chi connectivity index (χ2v) is 9.75. The van der Waals surface area contributed by atoms with Gasteiger partial charge in [-0.2, -0.15) is 0 Å². The van der Waals surface area contributed by atoms with Gasteiger partial charge in [-0.15, -0.1) is 0 Å². The van der Waals surface area contributed by atoms with Crippen LogP contribution in [0.2, 0.25) is 0 Å². The predicted molar refractivity (Wildman–Crippen MR) is 146 cm³/mol. The number of nitrogens with zero attached hydrogens (tertiary/aromatic N) is 2. The van der Waals surface area contributed by atoms with Crippen LogP contribution in [0.25, 0.3) is 0 Å². The number of benzene rings is 2. The summed E-state index contributed by atoms with van der Waals surface area (Å²) in [5, 5.41) is 3.59. The molecule has 6 nitrogen and oxygen atoms in total. The van der Waals surface area contributed by atoms with E-state index >= 15 is 0 Å². The Balaban J connectivity index is 1.62. The van der Waals surface area contributed by atoms with Gasteiger partial charge in [0.15, 0.2) is 5.78 Å². The number of nitrogens with one attached hydrogen (secondary N) is 1. The lowest BCUT2D eigenvalue weighted by atomic mass is 9.78. The molecule has 1 aromatic heterocycles. The summed E-state index contributed by atoms with van der Waals surface area (Å²) in [5.41, 5.74) is 5.12. The highest BCUT2D eigenvalue weighted by Gasteiger charge is 2.41. The summed E-state index contributed by atoms with van der Waals surface area (Å²) < 4.78 is 5.32. The van der Waals surface area contributed by atoms with Crippen molar-refractivity contribution in [3.63, 3.8) is 0 Å². The number of anilines is 2. The molecule has 190 valence electrons. The van der Waals surface area contributed by atoms with Gasteiger partial charge in [0, 0.05) is 36.5 Å². The van der Waals surface area contributed by atoms with E-state index in [2.05, 4.69) is 17.2 Å². The number of aromatic nitrogens is 1. The van der Waals surface area contributed by atoms with Crippen molar-refractivity contribution in [2.45, 2.75) is 57.4 Å². The molecule has 1 aliphatic heterocycles. The van der Waals surface area contributed by atoms with Crippen molar-refractivity contribution in [1.29, 1.82) is 0 Å². The van der Waals surface area contributed by atoms with E-state index in [1.165, 1.54) is 0 Å². The van der Waals surface area contributed by atoms with Crippen molar-refractivity contribution in [3.8, 4) is 5.75 Å². The summed E-state index contributed by atoms with van der Waals surface area (Å²) in [6.07, 6.45) is 7.85. The van der Waals surface area contributed by atoms with Crippen molar-refractivity contribution in [3.05, 3.63) is 95.5 Å². The van der Waals surface area contributed by atoms with Gasteiger partial charge in [-0.05, 0) is 60.2 Å². The number of para-hydroxylation sites is 2. The minimum absolute atomic E-state index is 0.0235. The predicted octanol–water partition coefficient (Wildman–Crippen LogP) is 6.57. The standard InChI is InChI=1S/C31H33N3O3/c1-3-4-5-12-29(36)34-27-11-7-6-10-25(27)33-26-18-23(21-13-15-24(37-2)16-14-21)19-28(35)30(26)31(34)22-9-8-17-32-20-22/h6-11,13-17,20,23,31,33H,3-5,12,18-19H2,1-2H3/t23-,31-/m0/s1. The molecule has 0 bridgehead atoms. The smallest absolute Gasteiger partial charge is 0.227 e. The van der Waals surface area contributed by atoms with Gasteiger partial charge >= 0.3 is 0 Å². The lowest BCUT2D eigenvalue weighted by molar-refractivity contribution is -0.119. The molecule has 0 saturated heterocycles. The number of ether oxygens (including phenoxy) is 1. The fraction of sp³-hybridized carbons (Fsp3) is 0.323. The number of fused-ring (bicyclic) bond motifs is 1. The van der Waals surface area contributed by atoms with Crippen LogP contribution in [-0.4, -0.2) is 23.8 Å². The summed E-state index contributed by atoms with van der Waals surface area (Å²) in [5.74, 6) is 0.914. The van der Waals surface area contributed by atoms with Crippen LogP contribution in [0.4, 0.5) is 11.4 Å². The Bertz CT molecular complexity index is 1300. The number of unbranched alkanes of at least 4 members (excludes halogenated alkanes) is 2. The zero-order valence-electron chi connectivity index (χ0n) is 21.4. The average molecular weight is 496 g/mol. The molecule has 5 rings (SSSR count).